The molecule has 6 heteroatoms. The highest BCUT2D eigenvalue weighted by Gasteiger charge is 2.27. The lowest BCUT2D eigenvalue weighted by atomic mass is 9.88. The summed E-state index contributed by atoms with van der Waals surface area (Å²) in [5, 5.41) is 4.55. The standard InChI is InChI=1S/C24H31N3O3/c1-24(2,3)30-23(29)26-11-9-17(10-12-26)15-27-16-20(14-25-27)19-8-7-18-5-4-6-22(28)21(18)13-19/h7-8,13-14,16-17H,4-6,9-12,15H2,1-3H3. The molecule has 0 unspecified atom stereocenters. The van der Waals surface area contributed by atoms with Gasteiger partial charge in [0.1, 0.15) is 5.60 Å². The van der Waals surface area contributed by atoms with Gasteiger partial charge in [-0.05, 0) is 69.6 Å². The van der Waals surface area contributed by atoms with Crippen molar-refractivity contribution in [3.05, 3.63) is 41.7 Å². The lowest BCUT2D eigenvalue weighted by Gasteiger charge is -2.33. The molecule has 1 aromatic heterocycles. The first-order valence-corrected chi connectivity index (χ1v) is 11.0. The summed E-state index contributed by atoms with van der Waals surface area (Å²) in [4.78, 5) is 26.3. The number of rotatable bonds is 3. The fraction of sp³-hybridized carbons (Fsp3) is 0.542. The van der Waals surface area contributed by atoms with Crippen molar-refractivity contribution in [2.24, 2.45) is 5.92 Å². The van der Waals surface area contributed by atoms with Crippen LogP contribution in [0.3, 0.4) is 0 Å². The average molecular weight is 410 g/mol. The third-order valence-electron chi connectivity index (χ3n) is 5.94. The minimum Gasteiger partial charge on any atom is -0.444 e. The van der Waals surface area contributed by atoms with E-state index in [4.69, 9.17) is 4.74 Å². The Hall–Kier alpha value is -2.63. The number of carbonyl (C=O) groups excluding carboxylic acids is 2. The Bertz CT molecular complexity index is 933. The van der Waals surface area contributed by atoms with Crippen LogP contribution in [-0.4, -0.2) is 45.2 Å². The zero-order chi connectivity index (χ0) is 21.3. The number of fused-ring (bicyclic) bond motifs is 1. The zero-order valence-corrected chi connectivity index (χ0v) is 18.2. The third-order valence-corrected chi connectivity index (χ3v) is 5.94. The molecule has 1 aliphatic heterocycles. The van der Waals surface area contributed by atoms with Crippen molar-refractivity contribution in [2.75, 3.05) is 13.1 Å². The van der Waals surface area contributed by atoms with Crippen LogP contribution >= 0.6 is 0 Å². The molecule has 1 fully saturated rings. The lowest BCUT2D eigenvalue weighted by Crippen LogP contribution is -2.42. The van der Waals surface area contributed by atoms with Crippen molar-refractivity contribution in [3.8, 4) is 11.1 Å². The number of hydrogen-bond acceptors (Lipinski definition) is 4. The van der Waals surface area contributed by atoms with Gasteiger partial charge in [0.05, 0.1) is 6.20 Å². The van der Waals surface area contributed by atoms with Crippen molar-refractivity contribution in [1.82, 2.24) is 14.7 Å². The first-order valence-electron chi connectivity index (χ1n) is 11.0. The minimum atomic E-state index is -0.458. The monoisotopic (exact) mass is 409 g/mol. The van der Waals surface area contributed by atoms with Gasteiger partial charge in [-0.25, -0.2) is 4.79 Å². The smallest absolute Gasteiger partial charge is 0.410 e. The van der Waals surface area contributed by atoms with Crippen LogP contribution in [0, 0.1) is 5.92 Å². The van der Waals surface area contributed by atoms with Gasteiger partial charge in [-0.1, -0.05) is 12.1 Å². The van der Waals surface area contributed by atoms with Crippen LogP contribution in [0.1, 0.15) is 62.4 Å². The molecule has 1 aromatic carbocycles. The SMILES string of the molecule is CC(C)(C)OC(=O)N1CCC(Cn2cc(-c3ccc4c(c3)C(=O)CCC4)cn2)CC1. The summed E-state index contributed by atoms with van der Waals surface area (Å²) >= 11 is 0. The molecule has 1 amide bonds. The Labute approximate surface area is 178 Å². The molecule has 2 aromatic rings. The zero-order valence-electron chi connectivity index (χ0n) is 18.2. The van der Waals surface area contributed by atoms with Crippen LogP contribution in [0.5, 0.6) is 0 Å². The Kier molecular flexibility index (Phi) is 5.67. The summed E-state index contributed by atoms with van der Waals surface area (Å²) < 4.78 is 7.47. The van der Waals surface area contributed by atoms with Crippen molar-refractivity contribution >= 4 is 11.9 Å². The van der Waals surface area contributed by atoms with Crippen molar-refractivity contribution in [3.63, 3.8) is 0 Å². The normalized spacial score (nSPS) is 17.7. The maximum atomic E-state index is 12.2. The van der Waals surface area contributed by atoms with Crippen LogP contribution in [-0.2, 0) is 17.7 Å². The molecule has 0 saturated carbocycles. The van der Waals surface area contributed by atoms with E-state index in [0.717, 1.165) is 62.0 Å². The molecular weight excluding hydrogens is 378 g/mol. The van der Waals surface area contributed by atoms with Crippen LogP contribution in [0.15, 0.2) is 30.6 Å². The van der Waals surface area contributed by atoms with Crippen molar-refractivity contribution in [1.29, 1.82) is 0 Å². The van der Waals surface area contributed by atoms with Gasteiger partial charge in [-0.15, -0.1) is 0 Å². The molecule has 0 atom stereocenters. The molecule has 0 spiro atoms. The second-order valence-corrected chi connectivity index (χ2v) is 9.51. The maximum Gasteiger partial charge on any atom is 0.410 e. The largest absolute Gasteiger partial charge is 0.444 e. The topological polar surface area (TPSA) is 64.4 Å². The fourth-order valence-electron chi connectivity index (χ4n) is 4.31. The Morgan fingerprint density at radius 3 is 2.67 bits per heavy atom. The number of benzene rings is 1. The number of Topliss-reactive ketones (excluding diaryl/α,β-unsaturated/α-hetero) is 1. The van der Waals surface area contributed by atoms with Crippen LogP contribution < -0.4 is 0 Å². The summed E-state index contributed by atoms with van der Waals surface area (Å²) in [6.07, 6.45) is 8.21. The summed E-state index contributed by atoms with van der Waals surface area (Å²) in [6.45, 7) is 7.97. The number of hydrogen-bond donors (Lipinski definition) is 0. The van der Waals surface area contributed by atoms with Crippen LogP contribution in [0.4, 0.5) is 4.79 Å². The second-order valence-electron chi connectivity index (χ2n) is 9.51. The number of carbonyl (C=O) groups is 2. The summed E-state index contributed by atoms with van der Waals surface area (Å²) in [6, 6.07) is 6.21. The Morgan fingerprint density at radius 1 is 1.17 bits per heavy atom. The first kappa shape index (κ1) is 20.6. The number of ketones is 1. The molecular formula is C24H31N3O3. The Balaban J connectivity index is 1.35. The highest BCUT2D eigenvalue weighted by molar-refractivity contribution is 5.99. The highest BCUT2D eigenvalue weighted by Crippen LogP contribution is 2.28. The minimum absolute atomic E-state index is 0.218. The molecule has 0 bridgehead atoms. The molecule has 0 radical (unpaired) electrons. The van der Waals surface area contributed by atoms with E-state index in [0.29, 0.717) is 12.3 Å². The van der Waals surface area contributed by atoms with Gasteiger partial charge >= 0.3 is 6.09 Å². The highest BCUT2D eigenvalue weighted by atomic mass is 16.6. The summed E-state index contributed by atoms with van der Waals surface area (Å²) in [7, 11) is 0. The predicted octanol–water partition coefficient (Wildman–Crippen LogP) is 4.72. The molecule has 4 rings (SSSR count). The average Bonchev–Trinajstić information content (AvgIpc) is 3.16. The van der Waals surface area contributed by atoms with Crippen molar-refractivity contribution in [2.45, 2.75) is 65.0 Å². The number of amides is 1. The van der Waals surface area contributed by atoms with Gasteiger partial charge in [0.2, 0.25) is 0 Å². The Morgan fingerprint density at radius 2 is 1.93 bits per heavy atom. The van der Waals surface area contributed by atoms with E-state index >= 15 is 0 Å². The third kappa shape index (κ3) is 4.74. The van der Waals surface area contributed by atoms with E-state index in [1.54, 1.807) is 4.90 Å². The first-order chi connectivity index (χ1) is 14.3. The number of aryl methyl sites for hydroxylation is 1. The molecule has 1 aliphatic carbocycles. The number of aromatic nitrogens is 2. The van der Waals surface area contributed by atoms with E-state index in [1.807, 2.05) is 37.7 Å². The molecule has 6 nitrogen and oxygen atoms in total. The number of likely N-dealkylation sites (tertiary alicyclic amines) is 1. The van der Waals surface area contributed by atoms with Crippen LogP contribution in [0.25, 0.3) is 11.1 Å². The van der Waals surface area contributed by atoms with E-state index in [1.165, 1.54) is 5.56 Å². The van der Waals surface area contributed by atoms with E-state index in [-0.39, 0.29) is 11.9 Å². The molecule has 1 saturated heterocycles. The lowest BCUT2D eigenvalue weighted by molar-refractivity contribution is 0.0177. The quantitative estimate of drug-likeness (QED) is 0.736. The fourth-order valence-corrected chi connectivity index (χ4v) is 4.31. The maximum absolute atomic E-state index is 12.2. The van der Waals surface area contributed by atoms with Crippen LogP contribution in [0.2, 0.25) is 0 Å². The number of ether oxygens (including phenoxy) is 1. The van der Waals surface area contributed by atoms with Gasteiger partial charge in [0.15, 0.2) is 5.78 Å². The van der Waals surface area contributed by atoms with Gasteiger partial charge in [-0.2, -0.15) is 5.10 Å². The van der Waals surface area contributed by atoms with E-state index < -0.39 is 5.60 Å². The van der Waals surface area contributed by atoms with Gasteiger partial charge in [0.25, 0.3) is 0 Å². The van der Waals surface area contributed by atoms with E-state index in [2.05, 4.69) is 23.4 Å². The summed E-state index contributed by atoms with van der Waals surface area (Å²) in [5.74, 6) is 0.740. The van der Waals surface area contributed by atoms with Gasteiger partial charge in [-0.3, -0.25) is 9.48 Å². The van der Waals surface area contributed by atoms with Gasteiger partial charge in [0, 0.05) is 43.4 Å². The van der Waals surface area contributed by atoms with Crippen molar-refractivity contribution < 1.29 is 14.3 Å². The molecule has 0 N–H and O–H groups in total. The molecule has 30 heavy (non-hydrogen) atoms. The molecule has 2 aliphatic rings. The van der Waals surface area contributed by atoms with E-state index in [9.17, 15) is 9.59 Å². The van der Waals surface area contributed by atoms with Gasteiger partial charge < -0.3 is 9.64 Å². The molecule has 160 valence electrons. The summed E-state index contributed by atoms with van der Waals surface area (Å²) in [5.41, 5.74) is 3.68. The second kappa shape index (κ2) is 8.25. The number of piperidine rings is 1. The number of nitrogens with zero attached hydrogens (tertiary/aromatic N) is 3. The molecule has 2 heterocycles. The predicted molar refractivity (Wildman–Crippen MR) is 115 cm³/mol.